The van der Waals surface area contributed by atoms with Crippen molar-refractivity contribution in [1.29, 1.82) is 0 Å². The van der Waals surface area contributed by atoms with Gasteiger partial charge in [0.05, 0.1) is 36.6 Å². The van der Waals surface area contributed by atoms with Gasteiger partial charge in [-0.25, -0.2) is 5.43 Å². The van der Waals surface area contributed by atoms with Gasteiger partial charge in [-0.2, -0.15) is 5.10 Å². The molecule has 1 heterocycles. The monoisotopic (exact) mass is 546 g/mol. The number of non-ortho nitro benzene ring substituents is 1. The maximum absolute atomic E-state index is 12.4. The summed E-state index contributed by atoms with van der Waals surface area (Å²) in [5.41, 5.74) is 2.85. The van der Waals surface area contributed by atoms with Gasteiger partial charge in [-0.1, -0.05) is 60.0 Å². The number of thioether (sulfide) groups is 1. The van der Waals surface area contributed by atoms with Crippen molar-refractivity contribution in [3.05, 3.63) is 88.8 Å². The average molecular weight is 547 g/mol. The van der Waals surface area contributed by atoms with Crippen LogP contribution in [0.5, 0.6) is 11.5 Å². The van der Waals surface area contributed by atoms with Crippen LogP contribution in [0.4, 0.5) is 11.4 Å². The Hall–Kier alpha value is -4.91. The van der Waals surface area contributed by atoms with Crippen molar-refractivity contribution in [2.75, 3.05) is 18.2 Å². The molecule has 0 atom stereocenters. The number of hydrogen-bond acceptors (Lipinski definition) is 10. The fourth-order valence-electron chi connectivity index (χ4n) is 3.72. The first-order valence-corrected chi connectivity index (χ1v) is 12.6. The van der Waals surface area contributed by atoms with E-state index in [9.17, 15) is 20.0 Å². The van der Waals surface area contributed by atoms with Crippen molar-refractivity contribution in [3.8, 4) is 11.5 Å². The highest BCUT2D eigenvalue weighted by atomic mass is 32.2. The molecule has 0 aliphatic carbocycles. The van der Waals surface area contributed by atoms with Crippen LogP contribution >= 0.6 is 11.8 Å². The predicted molar refractivity (Wildman–Crippen MR) is 147 cm³/mol. The van der Waals surface area contributed by atoms with E-state index in [4.69, 9.17) is 4.74 Å². The van der Waals surface area contributed by atoms with Crippen LogP contribution < -0.4 is 20.6 Å². The highest BCUT2D eigenvalue weighted by Gasteiger charge is 2.14. The maximum Gasteiger partial charge on any atom is 0.273 e. The van der Waals surface area contributed by atoms with Crippen molar-refractivity contribution in [2.24, 2.45) is 5.10 Å². The Morgan fingerprint density at radius 2 is 2.03 bits per heavy atom. The number of nitrogens with one attached hydrogen (secondary N) is 2. The number of carbonyl (C=O) groups is 1. The molecule has 0 radical (unpaired) electrons. The summed E-state index contributed by atoms with van der Waals surface area (Å²) in [5, 5.41) is 41.8. The fraction of sp³-hybridized carbons (Fsp3) is 0.154. The van der Waals surface area contributed by atoms with Crippen LogP contribution in [0.1, 0.15) is 11.4 Å². The zero-order valence-electron chi connectivity index (χ0n) is 20.9. The highest BCUT2D eigenvalue weighted by molar-refractivity contribution is 7.99. The van der Waals surface area contributed by atoms with Gasteiger partial charge >= 0.3 is 0 Å². The third-order valence-corrected chi connectivity index (χ3v) is 6.52. The van der Waals surface area contributed by atoms with Crippen molar-refractivity contribution in [1.82, 2.24) is 20.2 Å². The number of nitro groups is 1. The summed E-state index contributed by atoms with van der Waals surface area (Å²) in [4.78, 5) is 22.8. The third-order valence-electron chi connectivity index (χ3n) is 5.56. The molecule has 0 aliphatic rings. The second-order valence-electron chi connectivity index (χ2n) is 8.08. The zero-order chi connectivity index (χ0) is 27.8. The van der Waals surface area contributed by atoms with E-state index in [0.29, 0.717) is 24.1 Å². The van der Waals surface area contributed by atoms with Gasteiger partial charge in [0, 0.05) is 23.7 Å². The summed E-state index contributed by atoms with van der Waals surface area (Å²) in [6, 6.07) is 16.2. The Morgan fingerprint density at radius 3 is 2.79 bits per heavy atom. The first kappa shape index (κ1) is 27.1. The molecule has 0 unspecified atom stereocenters. The molecule has 0 bridgehead atoms. The molecule has 4 aromatic rings. The van der Waals surface area contributed by atoms with E-state index in [1.807, 2.05) is 47.0 Å². The van der Waals surface area contributed by atoms with Gasteiger partial charge in [-0.05, 0) is 17.0 Å². The van der Waals surface area contributed by atoms with E-state index in [1.165, 1.54) is 7.11 Å². The number of benzene rings is 3. The molecule has 200 valence electrons. The predicted octanol–water partition coefficient (Wildman–Crippen LogP) is 3.46. The summed E-state index contributed by atoms with van der Waals surface area (Å²) in [6.45, 7) is 4.66. The molecule has 0 saturated carbocycles. The minimum Gasteiger partial charge on any atom is -0.870 e. The molecular formula is C26H24N7O5S-. The molecule has 12 nitrogen and oxygen atoms in total. The third kappa shape index (κ3) is 6.51. The molecule has 1 aromatic heterocycles. The number of carbonyl (C=O) groups excluding carboxylic acids is 1. The largest absolute Gasteiger partial charge is 0.870 e. The minimum absolute atomic E-state index is 0.0359. The first-order valence-electron chi connectivity index (χ1n) is 11.6. The van der Waals surface area contributed by atoms with E-state index in [2.05, 4.69) is 32.6 Å². The lowest BCUT2D eigenvalue weighted by Crippen LogP contribution is -2.20. The lowest BCUT2D eigenvalue weighted by molar-refractivity contribution is -0.385. The van der Waals surface area contributed by atoms with E-state index in [1.54, 1.807) is 6.08 Å². The average Bonchev–Trinajstić information content (AvgIpc) is 3.32. The summed E-state index contributed by atoms with van der Waals surface area (Å²) in [6.07, 6.45) is 2.75. The molecule has 39 heavy (non-hydrogen) atoms. The molecule has 1 amide bonds. The van der Waals surface area contributed by atoms with Gasteiger partial charge in [0.25, 0.3) is 11.6 Å². The van der Waals surface area contributed by atoms with Crippen LogP contribution in [0.2, 0.25) is 0 Å². The van der Waals surface area contributed by atoms with Gasteiger partial charge in [-0.3, -0.25) is 14.9 Å². The van der Waals surface area contributed by atoms with Crippen LogP contribution in [0.3, 0.4) is 0 Å². The number of fused-ring (bicyclic) bond motifs is 1. The number of nitrogens with zero attached hydrogens (tertiary/aromatic N) is 5. The van der Waals surface area contributed by atoms with Gasteiger partial charge in [0.2, 0.25) is 0 Å². The van der Waals surface area contributed by atoms with Crippen molar-refractivity contribution >= 4 is 46.0 Å². The molecule has 0 saturated heterocycles. The Morgan fingerprint density at radius 1 is 1.23 bits per heavy atom. The summed E-state index contributed by atoms with van der Waals surface area (Å²) in [7, 11) is 1.23. The number of anilines is 1. The smallest absolute Gasteiger partial charge is 0.273 e. The molecular weight excluding hydrogens is 522 g/mol. The van der Waals surface area contributed by atoms with Crippen LogP contribution in [0.15, 0.2) is 77.5 Å². The van der Waals surface area contributed by atoms with Crippen molar-refractivity contribution < 1.29 is 19.6 Å². The van der Waals surface area contributed by atoms with Crippen LogP contribution in [-0.4, -0.2) is 44.7 Å². The number of rotatable bonds is 12. The number of aromatic nitrogens is 3. The molecule has 13 heteroatoms. The molecule has 2 N–H and O–H groups in total. The Balaban J connectivity index is 1.38. The van der Waals surface area contributed by atoms with Gasteiger partial charge in [-0.15, -0.1) is 16.8 Å². The van der Waals surface area contributed by atoms with E-state index in [-0.39, 0.29) is 22.8 Å². The number of allylic oxidation sites excluding steroid dienone is 1. The number of nitro benzene ring substituents is 1. The maximum atomic E-state index is 12.4. The van der Waals surface area contributed by atoms with E-state index >= 15 is 0 Å². The summed E-state index contributed by atoms with van der Waals surface area (Å²) in [5.74, 6) is -0.611. The molecule has 0 spiro atoms. The standard InChI is InChI=1S/C26H25N7O5S/c1-3-11-32-23(15-27-21-10-6-8-17-7-4-5-9-20(17)21)29-31-26(32)39-16-24(34)30-28-14-18-12-19(33(36)37)13-22(38-2)25(18)35/h3-10,12-14,27,35H,1,11,15-16H2,2H3,(H,30,34)/p-1/b28-14-. The summed E-state index contributed by atoms with van der Waals surface area (Å²) < 4.78 is 6.74. The number of hydrazone groups is 1. The van der Waals surface area contributed by atoms with E-state index in [0.717, 1.165) is 46.6 Å². The van der Waals surface area contributed by atoms with E-state index < -0.39 is 16.6 Å². The second-order valence-corrected chi connectivity index (χ2v) is 9.03. The molecule has 3 aromatic carbocycles. The van der Waals surface area contributed by atoms with Gasteiger partial charge < -0.3 is 19.7 Å². The zero-order valence-corrected chi connectivity index (χ0v) is 21.7. The second kappa shape index (κ2) is 12.6. The first-order chi connectivity index (χ1) is 18.9. The Kier molecular flexibility index (Phi) is 8.74. The molecule has 4 rings (SSSR count). The van der Waals surface area contributed by atoms with Crippen LogP contribution in [-0.2, 0) is 17.9 Å². The molecule has 0 aliphatic heterocycles. The minimum atomic E-state index is -0.653. The van der Waals surface area contributed by atoms with Crippen LogP contribution in [0.25, 0.3) is 10.8 Å². The van der Waals surface area contributed by atoms with Crippen molar-refractivity contribution in [2.45, 2.75) is 18.2 Å². The number of methoxy groups -OCH3 is 1. The lowest BCUT2D eigenvalue weighted by Gasteiger charge is -2.14. The molecule has 0 fully saturated rings. The van der Waals surface area contributed by atoms with Crippen LogP contribution in [0, 0.1) is 10.1 Å². The Bertz CT molecular complexity index is 1550. The van der Waals surface area contributed by atoms with Gasteiger partial charge in [0.15, 0.2) is 11.0 Å². The number of amides is 1. The van der Waals surface area contributed by atoms with Gasteiger partial charge in [0.1, 0.15) is 5.75 Å². The topological polar surface area (TPSA) is 160 Å². The lowest BCUT2D eigenvalue weighted by atomic mass is 10.1. The SMILES string of the molecule is C=CCn1c(CNc2cccc3ccccc23)nnc1SCC(=O)N/N=C\c1cc([N+](=O)[O-])cc(OC)c1[O-]. The van der Waals surface area contributed by atoms with Crippen molar-refractivity contribution in [3.63, 3.8) is 0 Å². The normalized spacial score (nSPS) is 11.0. The summed E-state index contributed by atoms with van der Waals surface area (Å²) >= 11 is 1.16. The number of hydrogen-bond donors (Lipinski definition) is 2. The quantitative estimate of drug-likeness (QED) is 0.0891. The number of ether oxygens (including phenoxy) is 1. The highest BCUT2D eigenvalue weighted by Crippen LogP contribution is 2.31. The Labute approximate surface area is 227 Å². The fourth-order valence-corrected chi connectivity index (χ4v) is 4.48.